The first-order chi connectivity index (χ1) is 14.6. The van der Waals surface area contributed by atoms with Gasteiger partial charge in [-0.25, -0.2) is 0 Å². The van der Waals surface area contributed by atoms with Crippen LogP contribution in [0.1, 0.15) is 5.56 Å². The highest BCUT2D eigenvalue weighted by atomic mass is 16.7. The fraction of sp³-hybridized carbons (Fsp3) is 0.318. The highest BCUT2D eigenvalue weighted by Crippen LogP contribution is 2.53. The molecule has 0 aliphatic carbocycles. The minimum absolute atomic E-state index is 0.109. The van der Waals surface area contributed by atoms with Gasteiger partial charge < -0.3 is 24.4 Å². The first kappa shape index (κ1) is 17.5. The van der Waals surface area contributed by atoms with Gasteiger partial charge in [-0.3, -0.25) is 14.6 Å². The number of amides is 2. The van der Waals surface area contributed by atoms with Crippen molar-refractivity contribution in [2.75, 3.05) is 18.2 Å². The SMILES string of the molecule is O=C(NCc1cccnc1)[C@H]1[C@H]2C(=O)N(c3ccc4c(c3)OCO4)C[C@]23C=C[C@H]1O3. The molecular weight excluding hydrogens is 386 g/mol. The van der Waals surface area contributed by atoms with Crippen molar-refractivity contribution in [3.05, 3.63) is 60.4 Å². The average molecular weight is 405 g/mol. The zero-order valence-electron chi connectivity index (χ0n) is 16.0. The van der Waals surface area contributed by atoms with Gasteiger partial charge in [0.25, 0.3) is 0 Å². The minimum atomic E-state index is -0.769. The average Bonchev–Trinajstić information content (AvgIpc) is 3.53. The van der Waals surface area contributed by atoms with Crippen LogP contribution in [-0.2, 0) is 20.9 Å². The molecule has 152 valence electrons. The molecular formula is C22H19N3O5. The minimum Gasteiger partial charge on any atom is -0.454 e. The Morgan fingerprint density at radius 3 is 3.03 bits per heavy atom. The van der Waals surface area contributed by atoms with E-state index in [0.717, 1.165) is 5.56 Å². The van der Waals surface area contributed by atoms with Gasteiger partial charge in [0.05, 0.1) is 24.5 Å². The molecule has 8 heteroatoms. The molecule has 2 bridgehead atoms. The van der Waals surface area contributed by atoms with E-state index in [0.29, 0.717) is 30.3 Å². The Labute approximate surface area is 172 Å². The third-order valence-electron chi connectivity index (χ3n) is 6.26. The molecule has 4 aliphatic heterocycles. The Morgan fingerprint density at radius 1 is 1.27 bits per heavy atom. The number of ether oxygens (including phenoxy) is 3. The molecule has 1 aromatic carbocycles. The fourth-order valence-corrected chi connectivity index (χ4v) is 4.88. The summed E-state index contributed by atoms with van der Waals surface area (Å²) in [6.07, 6.45) is 6.86. The van der Waals surface area contributed by atoms with Crippen molar-refractivity contribution in [3.8, 4) is 11.5 Å². The Balaban J connectivity index is 1.25. The third kappa shape index (κ3) is 2.46. The molecule has 30 heavy (non-hydrogen) atoms. The Morgan fingerprint density at radius 2 is 2.17 bits per heavy atom. The standard InChI is InChI=1S/C22H19N3O5/c26-20(24-10-13-2-1-7-23-9-13)18-16-5-6-22(30-16)11-25(21(27)19(18)22)14-3-4-15-17(8-14)29-12-28-15/h1-9,16,18-19H,10-12H2,(H,24,26)/t16-,18-,19+,22-/m1/s1. The van der Waals surface area contributed by atoms with E-state index in [1.54, 1.807) is 29.4 Å². The quantitative estimate of drug-likeness (QED) is 0.774. The van der Waals surface area contributed by atoms with E-state index < -0.39 is 17.4 Å². The summed E-state index contributed by atoms with van der Waals surface area (Å²) >= 11 is 0. The van der Waals surface area contributed by atoms with Crippen molar-refractivity contribution in [2.24, 2.45) is 11.8 Å². The number of benzene rings is 1. The number of nitrogens with one attached hydrogen (secondary N) is 1. The molecule has 5 heterocycles. The Bertz CT molecular complexity index is 1070. The number of pyridine rings is 1. The molecule has 2 fully saturated rings. The number of anilines is 1. The van der Waals surface area contributed by atoms with E-state index in [4.69, 9.17) is 14.2 Å². The summed E-state index contributed by atoms with van der Waals surface area (Å²) in [6.45, 7) is 0.904. The van der Waals surface area contributed by atoms with Crippen LogP contribution in [0.15, 0.2) is 54.9 Å². The van der Waals surface area contributed by atoms with Crippen LogP contribution in [0.3, 0.4) is 0 Å². The molecule has 4 atom stereocenters. The lowest BCUT2D eigenvalue weighted by atomic mass is 9.77. The largest absolute Gasteiger partial charge is 0.454 e. The second-order valence-electron chi connectivity index (χ2n) is 7.94. The first-order valence-electron chi connectivity index (χ1n) is 9.89. The number of fused-ring (bicyclic) bond motifs is 2. The van der Waals surface area contributed by atoms with Crippen LogP contribution in [0.5, 0.6) is 11.5 Å². The summed E-state index contributed by atoms with van der Waals surface area (Å²) < 4.78 is 17.0. The lowest BCUT2D eigenvalue weighted by molar-refractivity contribution is -0.132. The van der Waals surface area contributed by atoms with Crippen molar-refractivity contribution in [2.45, 2.75) is 18.2 Å². The lowest BCUT2D eigenvalue weighted by Crippen LogP contribution is -2.44. The van der Waals surface area contributed by atoms with E-state index in [1.165, 1.54) is 0 Å². The number of carbonyl (C=O) groups excluding carboxylic acids is 2. The van der Waals surface area contributed by atoms with E-state index >= 15 is 0 Å². The van der Waals surface area contributed by atoms with Gasteiger partial charge in [-0.05, 0) is 23.8 Å². The Hall–Kier alpha value is -3.39. The highest BCUT2D eigenvalue weighted by Gasteiger charge is 2.67. The van der Waals surface area contributed by atoms with Gasteiger partial charge in [-0.15, -0.1) is 0 Å². The summed E-state index contributed by atoms with van der Waals surface area (Å²) in [6, 6.07) is 9.14. The number of aromatic nitrogens is 1. The molecule has 2 aromatic rings. The zero-order chi connectivity index (χ0) is 20.3. The lowest BCUT2D eigenvalue weighted by Gasteiger charge is -2.23. The molecule has 8 nitrogen and oxygen atoms in total. The number of hydrogen-bond donors (Lipinski definition) is 1. The maximum Gasteiger partial charge on any atom is 0.234 e. The van der Waals surface area contributed by atoms with Gasteiger partial charge >= 0.3 is 0 Å². The van der Waals surface area contributed by atoms with Crippen LogP contribution >= 0.6 is 0 Å². The van der Waals surface area contributed by atoms with Crippen molar-refractivity contribution in [1.29, 1.82) is 0 Å². The van der Waals surface area contributed by atoms with Gasteiger partial charge in [-0.1, -0.05) is 18.2 Å². The maximum atomic E-state index is 13.4. The van der Waals surface area contributed by atoms with Crippen molar-refractivity contribution >= 4 is 17.5 Å². The smallest absolute Gasteiger partial charge is 0.234 e. The highest BCUT2D eigenvalue weighted by molar-refractivity contribution is 6.03. The summed E-state index contributed by atoms with van der Waals surface area (Å²) in [5.74, 6) is -0.122. The van der Waals surface area contributed by atoms with E-state index in [9.17, 15) is 9.59 Å². The molecule has 0 saturated carbocycles. The zero-order valence-corrected chi connectivity index (χ0v) is 16.0. The number of carbonyl (C=O) groups is 2. The topological polar surface area (TPSA) is 90.0 Å². The second-order valence-corrected chi connectivity index (χ2v) is 7.94. The molecule has 0 unspecified atom stereocenters. The van der Waals surface area contributed by atoms with Crippen molar-refractivity contribution in [1.82, 2.24) is 10.3 Å². The number of nitrogens with zero attached hydrogens (tertiary/aromatic N) is 2. The second kappa shape index (κ2) is 6.30. The van der Waals surface area contributed by atoms with Gasteiger partial charge in [-0.2, -0.15) is 0 Å². The molecule has 1 aromatic heterocycles. The molecule has 6 rings (SSSR count). The van der Waals surface area contributed by atoms with Crippen molar-refractivity contribution < 1.29 is 23.8 Å². The first-order valence-corrected chi connectivity index (χ1v) is 9.89. The van der Waals surface area contributed by atoms with E-state index in [1.807, 2.05) is 30.4 Å². The summed E-state index contributed by atoms with van der Waals surface area (Å²) in [5, 5.41) is 2.94. The molecule has 1 spiro atoms. The molecule has 2 amide bonds. The molecule has 4 aliphatic rings. The van der Waals surface area contributed by atoms with Crippen LogP contribution in [0.4, 0.5) is 5.69 Å². The van der Waals surface area contributed by atoms with E-state index in [2.05, 4.69) is 10.3 Å². The molecule has 0 radical (unpaired) electrons. The van der Waals surface area contributed by atoms with E-state index in [-0.39, 0.29) is 24.7 Å². The summed E-state index contributed by atoms with van der Waals surface area (Å²) in [5.41, 5.74) is 0.844. The number of rotatable bonds is 4. The number of hydrogen-bond acceptors (Lipinski definition) is 6. The fourth-order valence-electron chi connectivity index (χ4n) is 4.88. The van der Waals surface area contributed by atoms with Crippen LogP contribution in [-0.4, -0.2) is 41.8 Å². The van der Waals surface area contributed by atoms with Crippen molar-refractivity contribution in [3.63, 3.8) is 0 Å². The van der Waals surface area contributed by atoms with Gasteiger partial charge in [0.1, 0.15) is 5.60 Å². The van der Waals surface area contributed by atoms with Gasteiger partial charge in [0.15, 0.2) is 11.5 Å². The van der Waals surface area contributed by atoms with Crippen LogP contribution in [0.2, 0.25) is 0 Å². The Kier molecular flexibility index (Phi) is 3.67. The van der Waals surface area contributed by atoms with Crippen LogP contribution < -0.4 is 19.7 Å². The van der Waals surface area contributed by atoms with Gasteiger partial charge in [0.2, 0.25) is 18.6 Å². The van der Waals surface area contributed by atoms with Gasteiger partial charge in [0, 0.05) is 30.7 Å². The monoisotopic (exact) mass is 405 g/mol. The van der Waals surface area contributed by atoms with Crippen LogP contribution in [0, 0.1) is 11.8 Å². The summed E-state index contributed by atoms with van der Waals surface area (Å²) in [7, 11) is 0. The van der Waals surface area contributed by atoms with Crippen LogP contribution in [0.25, 0.3) is 0 Å². The third-order valence-corrected chi connectivity index (χ3v) is 6.26. The predicted molar refractivity (Wildman–Crippen MR) is 105 cm³/mol. The summed E-state index contributed by atoms with van der Waals surface area (Å²) in [4.78, 5) is 32.2. The predicted octanol–water partition coefficient (Wildman–Crippen LogP) is 1.41. The molecule has 1 N–H and O–H groups in total. The molecule has 2 saturated heterocycles. The maximum absolute atomic E-state index is 13.4. The normalized spacial score (nSPS) is 30.1.